The predicted molar refractivity (Wildman–Crippen MR) is 142 cm³/mol. The predicted octanol–water partition coefficient (Wildman–Crippen LogP) is 4.81. The number of ketones is 1. The summed E-state index contributed by atoms with van der Waals surface area (Å²) >= 11 is 6.40. The summed E-state index contributed by atoms with van der Waals surface area (Å²) < 4.78 is 16.4. The lowest BCUT2D eigenvalue weighted by Gasteiger charge is -2.18. The number of hydrogen-bond donors (Lipinski definition) is 0. The van der Waals surface area contributed by atoms with E-state index in [0.717, 1.165) is 36.6 Å². The fourth-order valence-electron chi connectivity index (χ4n) is 3.88. The van der Waals surface area contributed by atoms with E-state index in [1.165, 1.54) is 13.4 Å². The van der Waals surface area contributed by atoms with Crippen molar-refractivity contribution in [2.75, 3.05) is 40.5 Å². The molecular weight excluding hydrogens is 478 g/mol. The van der Waals surface area contributed by atoms with Crippen LogP contribution in [0.1, 0.15) is 36.4 Å². The number of likely N-dealkylation sites (N-methyl/N-ethyl adjacent to an activating group) is 1. The van der Waals surface area contributed by atoms with Crippen molar-refractivity contribution in [1.29, 1.82) is 0 Å². The number of hydrogen-bond acceptors (Lipinski definition) is 7. The molecule has 0 atom stereocenters. The van der Waals surface area contributed by atoms with Crippen LogP contribution >= 0.6 is 11.6 Å². The van der Waals surface area contributed by atoms with Gasteiger partial charge in [0.2, 0.25) is 0 Å². The first-order chi connectivity index (χ1) is 17.4. The van der Waals surface area contributed by atoms with Crippen LogP contribution in [0.25, 0.3) is 0 Å². The third-order valence-corrected chi connectivity index (χ3v) is 6.40. The zero-order valence-corrected chi connectivity index (χ0v) is 22.2. The van der Waals surface area contributed by atoms with Crippen molar-refractivity contribution in [3.8, 4) is 17.2 Å². The van der Waals surface area contributed by atoms with Gasteiger partial charge in [-0.3, -0.25) is 4.79 Å². The van der Waals surface area contributed by atoms with Crippen LogP contribution in [0.2, 0.25) is 5.02 Å². The van der Waals surface area contributed by atoms with Gasteiger partial charge >= 0.3 is 0 Å². The molecule has 192 valence electrons. The second-order valence-electron chi connectivity index (χ2n) is 8.39. The number of Topliss-reactive ketones (excluding diaryl/α,β-unsaturated/α-hetero) is 1. The van der Waals surface area contributed by atoms with Crippen LogP contribution in [-0.4, -0.2) is 61.1 Å². The zero-order valence-electron chi connectivity index (χ0n) is 21.4. The lowest BCUT2D eigenvalue weighted by molar-refractivity contribution is -0.117. The van der Waals surface area contributed by atoms with Crippen molar-refractivity contribution >= 4 is 17.4 Å². The Labute approximate surface area is 218 Å². The largest absolute Gasteiger partial charge is 0.497 e. The van der Waals surface area contributed by atoms with Crippen LogP contribution in [0.4, 0.5) is 0 Å². The average Bonchev–Trinajstić information content (AvgIpc) is 2.89. The van der Waals surface area contributed by atoms with Crippen LogP contribution in [-0.2, 0) is 24.1 Å². The highest BCUT2D eigenvalue weighted by Crippen LogP contribution is 2.33. The Morgan fingerprint density at radius 1 is 0.917 bits per heavy atom. The number of carbonyl (C=O) groups excluding carboxylic acids is 1. The lowest BCUT2D eigenvalue weighted by Crippen LogP contribution is -2.27. The van der Waals surface area contributed by atoms with Gasteiger partial charge in [-0.1, -0.05) is 37.6 Å². The highest BCUT2D eigenvalue weighted by Gasteiger charge is 2.15. The van der Waals surface area contributed by atoms with Crippen molar-refractivity contribution in [2.45, 2.75) is 33.1 Å². The van der Waals surface area contributed by atoms with Gasteiger partial charge in [0.05, 0.1) is 24.9 Å². The van der Waals surface area contributed by atoms with Gasteiger partial charge in [0.25, 0.3) is 0 Å². The van der Waals surface area contributed by atoms with Crippen molar-refractivity contribution in [3.05, 3.63) is 76.3 Å². The third kappa shape index (κ3) is 7.93. The quantitative estimate of drug-likeness (QED) is 0.307. The summed E-state index contributed by atoms with van der Waals surface area (Å²) in [6.07, 6.45) is 2.48. The fourth-order valence-corrected chi connectivity index (χ4v) is 4.14. The van der Waals surface area contributed by atoms with E-state index in [9.17, 15) is 4.79 Å². The van der Waals surface area contributed by atoms with Crippen LogP contribution in [0.5, 0.6) is 17.2 Å². The van der Waals surface area contributed by atoms with Gasteiger partial charge in [0.15, 0.2) is 0 Å². The number of halogens is 1. The van der Waals surface area contributed by atoms with E-state index in [1.54, 1.807) is 19.2 Å². The van der Waals surface area contributed by atoms with Gasteiger partial charge in [0, 0.05) is 37.6 Å². The molecule has 0 saturated heterocycles. The van der Waals surface area contributed by atoms with E-state index in [2.05, 4.69) is 28.7 Å². The molecule has 0 radical (unpaired) electrons. The summed E-state index contributed by atoms with van der Waals surface area (Å²) in [5, 5.41) is 0.413. The molecule has 8 heteroatoms. The van der Waals surface area contributed by atoms with E-state index in [0.29, 0.717) is 40.8 Å². The first kappa shape index (κ1) is 27.4. The number of methoxy groups -OCH3 is 2. The lowest BCUT2D eigenvalue weighted by atomic mass is 10.0. The maximum absolute atomic E-state index is 12.8. The smallest absolute Gasteiger partial charge is 0.143 e. The van der Waals surface area contributed by atoms with E-state index in [1.807, 2.05) is 30.3 Å². The molecule has 0 aliphatic carbocycles. The molecule has 0 amide bonds. The molecule has 0 unspecified atom stereocenters. The summed E-state index contributed by atoms with van der Waals surface area (Å²) in [6, 6.07) is 13.4. The van der Waals surface area contributed by atoms with Crippen molar-refractivity contribution < 1.29 is 19.0 Å². The van der Waals surface area contributed by atoms with Crippen LogP contribution in [0.3, 0.4) is 0 Å². The highest BCUT2D eigenvalue weighted by molar-refractivity contribution is 6.33. The highest BCUT2D eigenvalue weighted by atomic mass is 35.5. The molecule has 0 spiro atoms. The number of aromatic nitrogens is 2. The topological polar surface area (TPSA) is 73.8 Å². The van der Waals surface area contributed by atoms with E-state index >= 15 is 0 Å². The molecule has 0 saturated carbocycles. The third-order valence-electron chi connectivity index (χ3n) is 5.97. The second-order valence-corrected chi connectivity index (χ2v) is 8.77. The van der Waals surface area contributed by atoms with Crippen LogP contribution in [0.15, 0.2) is 48.8 Å². The molecule has 0 aliphatic rings. The van der Waals surface area contributed by atoms with E-state index < -0.39 is 0 Å². The summed E-state index contributed by atoms with van der Waals surface area (Å²) in [6.45, 7) is 7.93. The first-order valence-corrected chi connectivity index (χ1v) is 12.5. The van der Waals surface area contributed by atoms with Crippen LogP contribution < -0.4 is 14.2 Å². The molecular formula is C28H34ClN3O4. The summed E-state index contributed by atoms with van der Waals surface area (Å²) in [5.74, 6) is 1.91. The number of benzene rings is 2. The molecule has 7 nitrogen and oxygen atoms in total. The number of rotatable bonds is 14. The summed E-state index contributed by atoms with van der Waals surface area (Å²) in [7, 11) is 3.09. The zero-order chi connectivity index (χ0) is 25.9. The monoisotopic (exact) mass is 511 g/mol. The van der Waals surface area contributed by atoms with Gasteiger partial charge in [0.1, 0.15) is 36.0 Å². The molecule has 3 aromatic rings. The summed E-state index contributed by atoms with van der Waals surface area (Å²) in [4.78, 5) is 23.8. The van der Waals surface area contributed by atoms with Crippen LogP contribution in [0, 0.1) is 0 Å². The van der Waals surface area contributed by atoms with Crippen molar-refractivity contribution in [1.82, 2.24) is 14.9 Å². The molecule has 3 rings (SSSR count). The summed E-state index contributed by atoms with van der Waals surface area (Å²) in [5.41, 5.74) is 3.29. The minimum Gasteiger partial charge on any atom is -0.497 e. The molecule has 0 fully saturated rings. The Hall–Kier alpha value is -3.16. The number of carbonyl (C=O) groups is 1. The van der Waals surface area contributed by atoms with Crippen molar-refractivity contribution in [3.63, 3.8) is 0 Å². The molecule has 1 heterocycles. The average molecular weight is 512 g/mol. The molecule has 1 aromatic heterocycles. The standard InChI is InChI=1S/C28H34ClN3O4/c1-5-32(6-2)11-12-36-25-9-7-20(8-10-25)13-22-16-23(31-19-30-22)17-24(33)14-21-15-26(34-3)18-27(35-4)28(21)29/h7-10,15-16,18-19H,5-6,11-14,17H2,1-4H3. The van der Waals surface area contributed by atoms with Gasteiger partial charge in [-0.2, -0.15) is 0 Å². The molecule has 0 bridgehead atoms. The molecule has 0 N–H and O–H groups in total. The maximum atomic E-state index is 12.8. The Morgan fingerprint density at radius 2 is 1.64 bits per heavy atom. The molecule has 2 aromatic carbocycles. The second kappa shape index (κ2) is 13.8. The van der Waals surface area contributed by atoms with E-state index in [4.69, 9.17) is 25.8 Å². The van der Waals surface area contributed by atoms with E-state index in [-0.39, 0.29) is 18.6 Å². The van der Waals surface area contributed by atoms with Crippen molar-refractivity contribution in [2.24, 2.45) is 0 Å². The van der Waals surface area contributed by atoms with Gasteiger partial charge in [-0.15, -0.1) is 0 Å². The normalized spacial score (nSPS) is 10.9. The fraction of sp³-hybridized carbons (Fsp3) is 0.393. The van der Waals surface area contributed by atoms with Gasteiger partial charge in [-0.05, 0) is 48.5 Å². The maximum Gasteiger partial charge on any atom is 0.143 e. The molecule has 36 heavy (non-hydrogen) atoms. The Morgan fingerprint density at radius 3 is 2.31 bits per heavy atom. The van der Waals surface area contributed by atoms with Gasteiger partial charge in [-0.25, -0.2) is 9.97 Å². The Bertz CT molecular complexity index is 1130. The van der Waals surface area contributed by atoms with Gasteiger partial charge < -0.3 is 19.1 Å². The minimum atomic E-state index is -0.0110. The molecule has 0 aliphatic heterocycles. The first-order valence-electron chi connectivity index (χ1n) is 12.1. The Balaban J connectivity index is 1.58. The number of nitrogens with zero attached hydrogens (tertiary/aromatic N) is 3. The SMILES string of the molecule is CCN(CC)CCOc1ccc(Cc2cc(CC(=O)Cc3cc(OC)cc(OC)c3Cl)ncn2)cc1. The number of ether oxygens (including phenoxy) is 3. The Kier molecular flexibility index (Phi) is 10.5. The minimum absolute atomic E-state index is 0.0110.